The molecule has 4 rings (SSSR count). The van der Waals surface area contributed by atoms with Crippen molar-refractivity contribution in [1.29, 1.82) is 0 Å². The monoisotopic (exact) mass is 323 g/mol. The number of nitrogens with zero attached hydrogens (tertiary/aromatic N) is 1. The molecule has 0 aliphatic rings. The van der Waals surface area contributed by atoms with Crippen LogP contribution in [0.3, 0.4) is 0 Å². The molecule has 0 atom stereocenters. The largest absolute Gasteiger partial charge is 0.454 e. The van der Waals surface area contributed by atoms with E-state index in [1.165, 1.54) is 5.56 Å². The van der Waals surface area contributed by atoms with Crippen LogP contribution in [0.25, 0.3) is 22.4 Å². The minimum atomic E-state index is 0.771. The van der Waals surface area contributed by atoms with Crippen molar-refractivity contribution < 1.29 is 4.42 Å². The van der Waals surface area contributed by atoms with Crippen LogP contribution in [0.4, 0.5) is 0 Å². The molecule has 5 heteroatoms. The first-order chi connectivity index (χ1) is 11.4. The number of benzene rings is 1. The Bertz CT molecular complexity index is 859. The standard InChI is InChI=1S/C18H17N3OS/c1-2-4-16-14(3-1)9-17(22-16)18-15(11-20-21-18)10-19-7-5-13-6-8-23-12-13/h1-4,6,8-9,11-12,19H,5,7,10H2,(H,20,21). The van der Waals surface area contributed by atoms with Crippen LogP contribution in [0.5, 0.6) is 0 Å². The third kappa shape index (κ3) is 3.06. The maximum atomic E-state index is 5.92. The summed E-state index contributed by atoms with van der Waals surface area (Å²) in [7, 11) is 0. The number of hydrogen-bond acceptors (Lipinski definition) is 4. The number of fused-ring (bicyclic) bond motifs is 1. The Morgan fingerprint density at radius 2 is 2.17 bits per heavy atom. The fraction of sp³-hybridized carbons (Fsp3) is 0.167. The molecule has 0 bridgehead atoms. The zero-order valence-corrected chi connectivity index (χ0v) is 13.4. The average Bonchev–Trinajstić information content (AvgIpc) is 3.30. The summed E-state index contributed by atoms with van der Waals surface area (Å²) >= 11 is 1.74. The van der Waals surface area contributed by atoms with Crippen molar-refractivity contribution in [3.8, 4) is 11.5 Å². The summed E-state index contributed by atoms with van der Waals surface area (Å²) in [6.45, 7) is 1.72. The van der Waals surface area contributed by atoms with E-state index in [2.05, 4.69) is 44.5 Å². The summed E-state index contributed by atoms with van der Waals surface area (Å²) in [6, 6.07) is 12.3. The average molecular weight is 323 g/mol. The SMILES string of the molecule is c1ccc2oc(-c3[nH]ncc3CNCCc3ccsc3)cc2c1. The Balaban J connectivity index is 1.45. The first kappa shape index (κ1) is 14.2. The third-order valence-corrected chi connectivity index (χ3v) is 4.61. The second-order valence-electron chi connectivity index (χ2n) is 5.48. The Morgan fingerprint density at radius 1 is 1.22 bits per heavy atom. The molecule has 2 N–H and O–H groups in total. The van der Waals surface area contributed by atoms with Crippen molar-refractivity contribution >= 4 is 22.3 Å². The Labute approximate surface area is 138 Å². The Hall–Kier alpha value is -2.37. The lowest BCUT2D eigenvalue weighted by molar-refractivity contribution is 0.625. The summed E-state index contributed by atoms with van der Waals surface area (Å²) < 4.78 is 5.92. The van der Waals surface area contributed by atoms with E-state index in [1.807, 2.05) is 24.4 Å². The molecule has 116 valence electrons. The number of rotatable bonds is 6. The van der Waals surface area contributed by atoms with E-state index in [0.29, 0.717) is 0 Å². The smallest absolute Gasteiger partial charge is 0.153 e. The quantitative estimate of drug-likeness (QED) is 0.522. The first-order valence-corrected chi connectivity index (χ1v) is 8.57. The number of hydrogen-bond donors (Lipinski definition) is 2. The highest BCUT2D eigenvalue weighted by Gasteiger charge is 2.12. The molecule has 0 spiro atoms. The van der Waals surface area contributed by atoms with Crippen molar-refractivity contribution in [3.05, 3.63) is 64.5 Å². The molecule has 0 aliphatic carbocycles. The first-order valence-electron chi connectivity index (χ1n) is 7.63. The van der Waals surface area contributed by atoms with Crippen LogP contribution in [0.1, 0.15) is 11.1 Å². The van der Waals surface area contributed by atoms with Crippen LogP contribution in [0.15, 0.2) is 57.8 Å². The molecule has 0 unspecified atom stereocenters. The number of para-hydroxylation sites is 1. The number of thiophene rings is 1. The highest BCUT2D eigenvalue weighted by molar-refractivity contribution is 7.07. The fourth-order valence-electron chi connectivity index (χ4n) is 2.65. The number of aromatic nitrogens is 2. The second-order valence-corrected chi connectivity index (χ2v) is 6.26. The van der Waals surface area contributed by atoms with Crippen LogP contribution >= 0.6 is 11.3 Å². The van der Waals surface area contributed by atoms with Gasteiger partial charge in [-0.25, -0.2) is 0 Å². The molecule has 1 aromatic carbocycles. The van der Waals surface area contributed by atoms with Gasteiger partial charge in [0.05, 0.1) is 6.20 Å². The molecule has 0 radical (unpaired) electrons. The van der Waals surface area contributed by atoms with Gasteiger partial charge >= 0.3 is 0 Å². The Kier molecular flexibility index (Phi) is 3.96. The molecule has 3 aromatic heterocycles. The molecule has 4 nitrogen and oxygen atoms in total. The van der Waals surface area contributed by atoms with Crippen LogP contribution in [-0.2, 0) is 13.0 Å². The molecule has 0 amide bonds. The van der Waals surface area contributed by atoms with Crippen molar-refractivity contribution in [3.63, 3.8) is 0 Å². The van der Waals surface area contributed by atoms with Gasteiger partial charge in [0.2, 0.25) is 0 Å². The fourth-order valence-corrected chi connectivity index (χ4v) is 3.36. The van der Waals surface area contributed by atoms with E-state index in [0.717, 1.165) is 47.5 Å². The molecule has 0 saturated heterocycles. The van der Waals surface area contributed by atoms with Gasteiger partial charge in [0.15, 0.2) is 5.76 Å². The lowest BCUT2D eigenvalue weighted by atomic mass is 10.2. The number of aromatic amines is 1. The predicted octanol–water partition coefficient (Wildman–Crippen LogP) is 4.22. The lowest BCUT2D eigenvalue weighted by Crippen LogP contribution is -2.16. The Morgan fingerprint density at radius 3 is 3.04 bits per heavy atom. The second kappa shape index (κ2) is 6.40. The van der Waals surface area contributed by atoms with E-state index < -0.39 is 0 Å². The summed E-state index contributed by atoms with van der Waals surface area (Å²) in [5.41, 5.74) is 4.35. The minimum absolute atomic E-state index is 0.771. The predicted molar refractivity (Wildman–Crippen MR) is 93.5 cm³/mol. The van der Waals surface area contributed by atoms with Crippen LogP contribution in [0, 0.1) is 0 Å². The van der Waals surface area contributed by atoms with E-state index in [4.69, 9.17) is 4.42 Å². The summed E-state index contributed by atoms with van der Waals surface area (Å²) in [5.74, 6) is 0.832. The van der Waals surface area contributed by atoms with Crippen molar-refractivity contribution in [2.24, 2.45) is 0 Å². The van der Waals surface area contributed by atoms with Gasteiger partial charge in [-0.1, -0.05) is 18.2 Å². The zero-order valence-electron chi connectivity index (χ0n) is 12.6. The van der Waals surface area contributed by atoms with E-state index in [9.17, 15) is 0 Å². The van der Waals surface area contributed by atoms with Gasteiger partial charge in [0.25, 0.3) is 0 Å². The van der Waals surface area contributed by atoms with Gasteiger partial charge in [-0.15, -0.1) is 0 Å². The van der Waals surface area contributed by atoms with Crippen molar-refractivity contribution in [2.45, 2.75) is 13.0 Å². The van der Waals surface area contributed by atoms with Gasteiger partial charge in [-0.05, 0) is 47.5 Å². The molecular weight excluding hydrogens is 306 g/mol. The molecule has 0 fully saturated rings. The molecule has 23 heavy (non-hydrogen) atoms. The van der Waals surface area contributed by atoms with Gasteiger partial charge in [-0.3, -0.25) is 5.10 Å². The maximum Gasteiger partial charge on any atom is 0.153 e. The van der Waals surface area contributed by atoms with E-state index in [-0.39, 0.29) is 0 Å². The number of nitrogens with one attached hydrogen (secondary N) is 2. The number of H-pyrrole nitrogens is 1. The summed E-state index contributed by atoms with van der Waals surface area (Å²) in [5, 5.41) is 16.1. The van der Waals surface area contributed by atoms with Crippen LogP contribution < -0.4 is 5.32 Å². The topological polar surface area (TPSA) is 53.9 Å². The summed E-state index contributed by atoms with van der Waals surface area (Å²) in [4.78, 5) is 0. The molecule has 0 aliphatic heterocycles. The van der Waals surface area contributed by atoms with Gasteiger partial charge < -0.3 is 9.73 Å². The maximum absolute atomic E-state index is 5.92. The number of furan rings is 1. The normalized spacial score (nSPS) is 11.3. The van der Waals surface area contributed by atoms with Crippen molar-refractivity contribution in [1.82, 2.24) is 15.5 Å². The highest BCUT2D eigenvalue weighted by atomic mass is 32.1. The lowest BCUT2D eigenvalue weighted by Gasteiger charge is -2.03. The molecule has 4 aromatic rings. The van der Waals surface area contributed by atoms with Crippen molar-refractivity contribution in [2.75, 3.05) is 6.54 Å². The molecule has 3 heterocycles. The van der Waals surface area contributed by atoms with Crippen LogP contribution in [0.2, 0.25) is 0 Å². The van der Waals surface area contributed by atoms with Gasteiger partial charge in [-0.2, -0.15) is 16.4 Å². The molecule has 0 saturated carbocycles. The zero-order chi connectivity index (χ0) is 15.5. The van der Waals surface area contributed by atoms with Gasteiger partial charge in [0.1, 0.15) is 11.3 Å². The van der Waals surface area contributed by atoms with E-state index >= 15 is 0 Å². The van der Waals surface area contributed by atoms with E-state index in [1.54, 1.807) is 11.3 Å². The van der Waals surface area contributed by atoms with Gasteiger partial charge in [0, 0.05) is 17.5 Å². The third-order valence-electron chi connectivity index (χ3n) is 3.88. The minimum Gasteiger partial charge on any atom is -0.454 e. The molecular formula is C18H17N3OS. The summed E-state index contributed by atoms with van der Waals surface area (Å²) in [6.07, 6.45) is 2.90. The van der Waals surface area contributed by atoms with Crippen LogP contribution in [-0.4, -0.2) is 16.7 Å². The highest BCUT2D eigenvalue weighted by Crippen LogP contribution is 2.28.